The molecule has 1 spiro atoms. The van der Waals surface area contributed by atoms with Crippen molar-refractivity contribution < 1.29 is 4.74 Å². The molecule has 128 valence electrons. The summed E-state index contributed by atoms with van der Waals surface area (Å²) < 4.78 is 6.54. The molecular weight excluding hydrogens is 306 g/mol. The molecule has 0 N–H and O–H groups in total. The molecule has 2 nitrogen and oxygen atoms in total. The van der Waals surface area contributed by atoms with Crippen molar-refractivity contribution in [3.8, 4) is 0 Å². The van der Waals surface area contributed by atoms with E-state index in [0.717, 1.165) is 19.6 Å². The van der Waals surface area contributed by atoms with Gasteiger partial charge in [0.15, 0.2) is 0 Å². The van der Waals surface area contributed by atoms with Crippen LogP contribution in [0.5, 0.6) is 0 Å². The molecule has 0 bridgehead atoms. The molecule has 2 heteroatoms. The topological polar surface area (TPSA) is 12.5 Å². The monoisotopic (exact) mass is 331 g/mol. The molecule has 1 aliphatic carbocycles. The molecule has 5 rings (SSSR count). The molecule has 2 aliphatic heterocycles. The van der Waals surface area contributed by atoms with E-state index >= 15 is 0 Å². The van der Waals surface area contributed by atoms with E-state index in [0.29, 0.717) is 11.8 Å². The second-order valence-electron chi connectivity index (χ2n) is 7.55. The van der Waals surface area contributed by atoms with E-state index in [1.807, 2.05) is 0 Å². The summed E-state index contributed by atoms with van der Waals surface area (Å²) in [4.78, 5) is 2.59. The van der Waals surface area contributed by atoms with Gasteiger partial charge in [-0.3, -0.25) is 0 Å². The van der Waals surface area contributed by atoms with Crippen molar-refractivity contribution >= 4 is 5.70 Å². The van der Waals surface area contributed by atoms with Gasteiger partial charge in [0.2, 0.25) is 0 Å². The maximum atomic E-state index is 6.54. The molecule has 3 atom stereocenters. The highest BCUT2D eigenvalue weighted by Gasteiger charge is 2.55. The van der Waals surface area contributed by atoms with Gasteiger partial charge in [-0.15, -0.1) is 0 Å². The summed E-state index contributed by atoms with van der Waals surface area (Å²) in [5, 5.41) is 0. The van der Waals surface area contributed by atoms with Gasteiger partial charge >= 0.3 is 0 Å². The largest absolute Gasteiger partial charge is 0.353 e. The lowest BCUT2D eigenvalue weighted by Crippen LogP contribution is -2.55. The molecule has 0 radical (unpaired) electrons. The number of hydrogen-bond acceptors (Lipinski definition) is 2. The minimum atomic E-state index is -0.0985. The van der Waals surface area contributed by atoms with Crippen LogP contribution in [0.3, 0.4) is 0 Å². The lowest BCUT2D eigenvalue weighted by atomic mass is 9.68. The highest BCUT2D eigenvalue weighted by Crippen LogP contribution is 2.55. The van der Waals surface area contributed by atoms with Crippen LogP contribution >= 0.6 is 0 Å². The molecule has 1 saturated carbocycles. The van der Waals surface area contributed by atoms with Crippen LogP contribution in [0.4, 0.5) is 0 Å². The van der Waals surface area contributed by atoms with Crippen LogP contribution in [0, 0.1) is 5.92 Å². The molecule has 2 aromatic rings. The highest BCUT2D eigenvalue weighted by atomic mass is 16.5. The van der Waals surface area contributed by atoms with E-state index in [2.05, 4.69) is 71.6 Å². The van der Waals surface area contributed by atoms with Gasteiger partial charge in [0.1, 0.15) is 5.72 Å². The van der Waals surface area contributed by atoms with Crippen LogP contribution in [0.15, 0.2) is 66.7 Å². The van der Waals surface area contributed by atoms with Crippen molar-refractivity contribution in [3.05, 3.63) is 77.9 Å². The van der Waals surface area contributed by atoms with E-state index in [1.165, 1.54) is 36.1 Å². The zero-order chi connectivity index (χ0) is 16.7. The number of hydrogen-bond donors (Lipinski definition) is 0. The Balaban J connectivity index is 1.68. The number of benzene rings is 2. The zero-order valence-corrected chi connectivity index (χ0v) is 14.6. The summed E-state index contributed by atoms with van der Waals surface area (Å²) in [6, 6.07) is 21.9. The smallest absolute Gasteiger partial charge is 0.145 e. The van der Waals surface area contributed by atoms with Crippen LogP contribution < -0.4 is 0 Å². The Morgan fingerprint density at radius 2 is 1.68 bits per heavy atom. The highest BCUT2D eigenvalue weighted by molar-refractivity contribution is 5.67. The molecule has 0 aromatic heterocycles. The lowest BCUT2D eigenvalue weighted by molar-refractivity contribution is -0.136. The fraction of sp³-hybridized carbons (Fsp3) is 0.391. The quantitative estimate of drug-likeness (QED) is 0.764. The average Bonchev–Trinajstić information content (AvgIpc) is 3.11. The van der Waals surface area contributed by atoms with Crippen LogP contribution in [0.2, 0.25) is 0 Å². The lowest BCUT2D eigenvalue weighted by Gasteiger charge is -2.53. The van der Waals surface area contributed by atoms with E-state index in [9.17, 15) is 0 Å². The zero-order valence-electron chi connectivity index (χ0n) is 14.6. The number of rotatable bonds is 2. The molecular formula is C23H25NO. The van der Waals surface area contributed by atoms with Crippen molar-refractivity contribution in [2.75, 3.05) is 13.2 Å². The average molecular weight is 331 g/mol. The molecule has 1 saturated heterocycles. The predicted molar refractivity (Wildman–Crippen MR) is 101 cm³/mol. The maximum Gasteiger partial charge on any atom is 0.145 e. The molecule has 2 heterocycles. The standard InChI is InChI=1S/C23H25NO/c1-3-9-18(10-4-1)20-17-22(19-11-5-2-6-12-19)24-15-16-25-23(24)14-8-7-13-21(20)23/h1-6,9-12,17,20-21H,7-8,13-16H2/t20-,21+,23-/m0/s1. The molecule has 0 amide bonds. The minimum absolute atomic E-state index is 0.0985. The van der Waals surface area contributed by atoms with Crippen LogP contribution in [-0.4, -0.2) is 23.8 Å². The molecule has 2 fully saturated rings. The Bertz CT molecular complexity index is 769. The molecule has 25 heavy (non-hydrogen) atoms. The van der Waals surface area contributed by atoms with Gasteiger partial charge in [-0.05, 0) is 30.4 Å². The molecule has 0 unspecified atom stereocenters. The SMILES string of the molecule is C1=C(c2ccccc2)N2CCO[C@]23CCCC[C@@H]3[C@@H]1c1ccccc1. The first-order valence-corrected chi connectivity index (χ1v) is 9.62. The fourth-order valence-electron chi connectivity index (χ4n) is 5.27. The molecule has 2 aromatic carbocycles. The maximum absolute atomic E-state index is 6.54. The van der Waals surface area contributed by atoms with Gasteiger partial charge in [-0.25, -0.2) is 0 Å². The van der Waals surface area contributed by atoms with Crippen molar-refractivity contribution in [3.63, 3.8) is 0 Å². The second-order valence-corrected chi connectivity index (χ2v) is 7.55. The Morgan fingerprint density at radius 3 is 2.48 bits per heavy atom. The first-order valence-electron chi connectivity index (χ1n) is 9.62. The van der Waals surface area contributed by atoms with Crippen LogP contribution in [0.1, 0.15) is 42.7 Å². The van der Waals surface area contributed by atoms with Crippen molar-refractivity contribution in [2.45, 2.75) is 37.3 Å². The summed E-state index contributed by atoms with van der Waals surface area (Å²) in [6.45, 7) is 1.86. The van der Waals surface area contributed by atoms with E-state index in [4.69, 9.17) is 4.74 Å². The first kappa shape index (κ1) is 15.2. The van der Waals surface area contributed by atoms with E-state index in [1.54, 1.807) is 0 Å². The van der Waals surface area contributed by atoms with Crippen molar-refractivity contribution in [1.29, 1.82) is 0 Å². The fourth-order valence-corrected chi connectivity index (χ4v) is 5.27. The predicted octanol–water partition coefficient (Wildman–Crippen LogP) is 5.04. The van der Waals surface area contributed by atoms with Crippen molar-refractivity contribution in [2.24, 2.45) is 5.92 Å². The van der Waals surface area contributed by atoms with Gasteiger partial charge in [0.05, 0.1) is 6.61 Å². The Kier molecular flexibility index (Phi) is 3.67. The van der Waals surface area contributed by atoms with Gasteiger partial charge in [-0.1, -0.05) is 73.2 Å². The summed E-state index contributed by atoms with van der Waals surface area (Å²) in [6.07, 6.45) is 7.53. The summed E-state index contributed by atoms with van der Waals surface area (Å²) in [5.41, 5.74) is 4.01. The minimum Gasteiger partial charge on any atom is -0.353 e. The van der Waals surface area contributed by atoms with Gasteiger partial charge in [-0.2, -0.15) is 0 Å². The van der Waals surface area contributed by atoms with Crippen molar-refractivity contribution in [1.82, 2.24) is 4.90 Å². The van der Waals surface area contributed by atoms with Gasteiger partial charge in [0, 0.05) is 24.1 Å². The third-order valence-electron chi connectivity index (χ3n) is 6.32. The number of nitrogens with zero attached hydrogens (tertiary/aromatic N) is 1. The normalized spacial score (nSPS) is 31.2. The first-order chi connectivity index (χ1) is 12.4. The van der Waals surface area contributed by atoms with E-state index in [-0.39, 0.29) is 5.72 Å². The van der Waals surface area contributed by atoms with Gasteiger partial charge in [0.25, 0.3) is 0 Å². The Labute approximate surface area is 150 Å². The van der Waals surface area contributed by atoms with Crippen LogP contribution in [-0.2, 0) is 4.74 Å². The number of allylic oxidation sites excluding steroid dienone is 1. The third kappa shape index (κ3) is 2.35. The third-order valence-corrected chi connectivity index (χ3v) is 6.32. The number of ether oxygens (including phenoxy) is 1. The Hall–Kier alpha value is -2.06. The molecule has 3 aliphatic rings. The summed E-state index contributed by atoms with van der Waals surface area (Å²) in [7, 11) is 0. The summed E-state index contributed by atoms with van der Waals surface area (Å²) in [5.74, 6) is 0.990. The van der Waals surface area contributed by atoms with Gasteiger partial charge < -0.3 is 9.64 Å². The second kappa shape index (κ2) is 6.03. The summed E-state index contributed by atoms with van der Waals surface area (Å²) >= 11 is 0. The van der Waals surface area contributed by atoms with Crippen LogP contribution in [0.25, 0.3) is 5.70 Å². The van der Waals surface area contributed by atoms with E-state index < -0.39 is 0 Å². The Morgan fingerprint density at radius 1 is 0.920 bits per heavy atom.